The minimum absolute atomic E-state index is 0.203. The number of aliphatic hydroxyl groups is 1. The Kier molecular flexibility index (Phi) is 5.87. The van der Waals surface area contributed by atoms with Gasteiger partial charge in [-0.15, -0.1) is 0 Å². The Morgan fingerprint density at radius 1 is 1.25 bits per heavy atom. The second-order valence-corrected chi connectivity index (χ2v) is 5.39. The Hall–Kier alpha value is -1.55. The van der Waals surface area contributed by atoms with Crippen molar-refractivity contribution in [3.8, 4) is 0 Å². The number of ether oxygens (including phenoxy) is 1. The maximum absolute atomic E-state index is 11.5. The number of benzene rings is 1. The number of amides is 1. The summed E-state index contributed by atoms with van der Waals surface area (Å²) in [5, 5.41) is 12.6. The van der Waals surface area contributed by atoms with Gasteiger partial charge in [0.05, 0.1) is 6.10 Å². The van der Waals surface area contributed by atoms with Crippen LogP contribution in [-0.2, 0) is 11.3 Å². The summed E-state index contributed by atoms with van der Waals surface area (Å²) in [6.07, 6.45) is 4.47. The summed E-state index contributed by atoms with van der Waals surface area (Å²) >= 11 is 0. The summed E-state index contributed by atoms with van der Waals surface area (Å²) in [4.78, 5) is 11.5. The third-order valence-electron chi connectivity index (χ3n) is 3.87. The second-order valence-electron chi connectivity index (χ2n) is 5.39. The van der Waals surface area contributed by atoms with Gasteiger partial charge in [0.25, 0.3) is 0 Å². The summed E-state index contributed by atoms with van der Waals surface area (Å²) in [5.41, 5.74) is 0.977. The lowest BCUT2D eigenvalue weighted by Gasteiger charge is -2.27. The first kappa shape index (κ1) is 14.9. The van der Waals surface area contributed by atoms with Crippen LogP contribution in [-0.4, -0.2) is 23.8 Å². The monoisotopic (exact) mass is 277 g/mol. The molecule has 0 spiro atoms. The van der Waals surface area contributed by atoms with Gasteiger partial charge in [-0.05, 0) is 30.7 Å². The van der Waals surface area contributed by atoms with E-state index in [9.17, 15) is 9.90 Å². The molecule has 2 rings (SSSR count). The first-order valence-electron chi connectivity index (χ1n) is 7.38. The summed E-state index contributed by atoms with van der Waals surface area (Å²) in [7, 11) is 0. The van der Waals surface area contributed by atoms with Crippen molar-refractivity contribution in [2.24, 2.45) is 5.92 Å². The van der Waals surface area contributed by atoms with Crippen molar-refractivity contribution < 1.29 is 14.6 Å². The first-order chi connectivity index (χ1) is 9.75. The molecule has 20 heavy (non-hydrogen) atoms. The fourth-order valence-electron chi connectivity index (χ4n) is 2.66. The predicted octanol–water partition coefficient (Wildman–Crippen LogP) is 2.85. The lowest BCUT2D eigenvalue weighted by atomic mass is 9.84. The van der Waals surface area contributed by atoms with Gasteiger partial charge in [0.1, 0.15) is 6.61 Å². The molecule has 1 aliphatic carbocycles. The van der Waals surface area contributed by atoms with Gasteiger partial charge in [-0.25, -0.2) is 4.79 Å². The molecule has 0 aliphatic heterocycles. The maximum Gasteiger partial charge on any atom is 0.407 e. The van der Waals surface area contributed by atoms with Crippen molar-refractivity contribution in [3.05, 3.63) is 35.9 Å². The highest BCUT2D eigenvalue weighted by Crippen LogP contribution is 2.26. The molecule has 1 amide bonds. The maximum atomic E-state index is 11.5. The topological polar surface area (TPSA) is 58.6 Å². The van der Waals surface area contributed by atoms with Gasteiger partial charge in [-0.3, -0.25) is 0 Å². The minimum Gasteiger partial charge on any atom is -0.445 e. The molecular weight excluding hydrogens is 254 g/mol. The zero-order chi connectivity index (χ0) is 14.2. The van der Waals surface area contributed by atoms with Crippen molar-refractivity contribution in [3.63, 3.8) is 0 Å². The van der Waals surface area contributed by atoms with E-state index < -0.39 is 0 Å². The summed E-state index contributed by atoms with van der Waals surface area (Å²) in [5.74, 6) is 0.318. The molecule has 4 nitrogen and oxygen atoms in total. The SMILES string of the molecule is O=C(NCC[C@@H]1CCCC[C@H]1O)OCc1ccccc1. The molecule has 1 aromatic rings. The molecule has 4 heteroatoms. The Morgan fingerprint density at radius 3 is 2.75 bits per heavy atom. The molecule has 2 atom stereocenters. The van der Waals surface area contributed by atoms with Crippen molar-refractivity contribution in [2.75, 3.05) is 6.54 Å². The number of carbonyl (C=O) groups is 1. The van der Waals surface area contributed by atoms with Crippen molar-refractivity contribution in [1.82, 2.24) is 5.32 Å². The molecule has 110 valence electrons. The Bertz CT molecular complexity index is 407. The van der Waals surface area contributed by atoms with E-state index in [1.807, 2.05) is 30.3 Å². The van der Waals surface area contributed by atoms with E-state index in [2.05, 4.69) is 5.32 Å². The molecular formula is C16H23NO3. The standard InChI is InChI=1S/C16H23NO3/c18-15-9-5-4-8-14(15)10-11-17-16(19)20-12-13-6-2-1-3-7-13/h1-3,6-7,14-15,18H,4-5,8-12H2,(H,17,19)/t14-,15+/m0/s1. The van der Waals surface area contributed by atoms with Gasteiger partial charge in [-0.1, -0.05) is 43.2 Å². The summed E-state index contributed by atoms with van der Waals surface area (Å²) < 4.78 is 5.13. The zero-order valence-corrected chi connectivity index (χ0v) is 11.8. The van der Waals surface area contributed by atoms with E-state index in [-0.39, 0.29) is 12.2 Å². The number of alkyl carbamates (subject to hydrolysis) is 1. The van der Waals surface area contributed by atoms with Crippen LogP contribution in [0.25, 0.3) is 0 Å². The van der Waals surface area contributed by atoms with Crippen molar-refractivity contribution in [1.29, 1.82) is 0 Å². The third kappa shape index (κ3) is 4.85. The molecule has 0 unspecified atom stereocenters. The average Bonchev–Trinajstić information content (AvgIpc) is 2.48. The average molecular weight is 277 g/mol. The smallest absolute Gasteiger partial charge is 0.407 e. The van der Waals surface area contributed by atoms with Crippen LogP contribution in [0.15, 0.2) is 30.3 Å². The number of hydrogen-bond acceptors (Lipinski definition) is 3. The van der Waals surface area contributed by atoms with Gasteiger partial charge >= 0.3 is 6.09 Å². The molecule has 1 saturated carbocycles. The number of hydrogen-bond donors (Lipinski definition) is 2. The number of rotatable bonds is 5. The van der Waals surface area contributed by atoms with Crippen LogP contribution in [0.2, 0.25) is 0 Å². The van der Waals surface area contributed by atoms with Crippen LogP contribution in [0, 0.1) is 5.92 Å². The lowest BCUT2D eigenvalue weighted by Crippen LogP contribution is -2.31. The predicted molar refractivity (Wildman–Crippen MR) is 77.2 cm³/mol. The van der Waals surface area contributed by atoms with Gasteiger partial charge in [-0.2, -0.15) is 0 Å². The van der Waals surface area contributed by atoms with Crippen LogP contribution >= 0.6 is 0 Å². The molecule has 2 N–H and O–H groups in total. The molecule has 0 saturated heterocycles. The number of carbonyl (C=O) groups excluding carboxylic acids is 1. The second kappa shape index (κ2) is 7.90. The normalized spacial score (nSPS) is 22.2. The van der Waals surface area contributed by atoms with Crippen LogP contribution < -0.4 is 5.32 Å². The van der Waals surface area contributed by atoms with Crippen molar-refractivity contribution >= 4 is 6.09 Å². The van der Waals surface area contributed by atoms with E-state index in [4.69, 9.17) is 4.74 Å². The molecule has 1 aliphatic rings. The van der Waals surface area contributed by atoms with Gasteiger partial charge in [0, 0.05) is 6.54 Å². The third-order valence-corrected chi connectivity index (χ3v) is 3.87. The molecule has 0 aromatic heterocycles. The van der Waals surface area contributed by atoms with Crippen LogP contribution in [0.3, 0.4) is 0 Å². The highest BCUT2D eigenvalue weighted by atomic mass is 16.5. The summed E-state index contributed by atoms with van der Waals surface area (Å²) in [6, 6.07) is 9.61. The molecule has 0 bridgehead atoms. The van der Waals surface area contributed by atoms with E-state index in [1.54, 1.807) is 0 Å². The Labute approximate surface area is 120 Å². The summed E-state index contributed by atoms with van der Waals surface area (Å²) in [6.45, 7) is 0.855. The quantitative estimate of drug-likeness (QED) is 0.870. The Balaban J connectivity index is 1.60. The van der Waals surface area contributed by atoms with Crippen molar-refractivity contribution in [2.45, 2.75) is 44.8 Å². The molecule has 1 aromatic carbocycles. The number of aliphatic hydroxyl groups excluding tert-OH is 1. The van der Waals surface area contributed by atoms with Gasteiger partial charge in [0.2, 0.25) is 0 Å². The Morgan fingerprint density at radius 2 is 2.00 bits per heavy atom. The van der Waals surface area contributed by atoms with Gasteiger partial charge in [0.15, 0.2) is 0 Å². The molecule has 1 fully saturated rings. The fraction of sp³-hybridized carbons (Fsp3) is 0.562. The first-order valence-corrected chi connectivity index (χ1v) is 7.38. The lowest BCUT2D eigenvalue weighted by molar-refractivity contribution is 0.0647. The van der Waals surface area contributed by atoms with Gasteiger partial charge < -0.3 is 15.2 Å². The van der Waals surface area contributed by atoms with E-state index in [0.717, 1.165) is 31.2 Å². The van der Waals surface area contributed by atoms with E-state index in [0.29, 0.717) is 19.1 Å². The minimum atomic E-state index is -0.390. The highest BCUT2D eigenvalue weighted by Gasteiger charge is 2.22. The zero-order valence-electron chi connectivity index (χ0n) is 11.8. The largest absolute Gasteiger partial charge is 0.445 e. The fourth-order valence-corrected chi connectivity index (χ4v) is 2.66. The number of nitrogens with one attached hydrogen (secondary N) is 1. The van der Waals surface area contributed by atoms with Crippen LogP contribution in [0.5, 0.6) is 0 Å². The molecule has 0 radical (unpaired) electrons. The van der Waals surface area contributed by atoms with Crippen LogP contribution in [0.4, 0.5) is 4.79 Å². The van der Waals surface area contributed by atoms with E-state index >= 15 is 0 Å². The molecule has 0 heterocycles. The van der Waals surface area contributed by atoms with Crippen LogP contribution in [0.1, 0.15) is 37.7 Å². The highest BCUT2D eigenvalue weighted by molar-refractivity contribution is 5.67. The van der Waals surface area contributed by atoms with E-state index in [1.165, 1.54) is 6.42 Å².